The number of carbonyl (C=O) groups is 2. The van der Waals surface area contributed by atoms with E-state index in [0.717, 1.165) is 49.1 Å². The van der Waals surface area contributed by atoms with Crippen molar-refractivity contribution in [3.8, 4) is 11.5 Å². The molecule has 0 spiro atoms. The zero-order valence-electron chi connectivity index (χ0n) is 44.0. The van der Waals surface area contributed by atoms with Gasteiger partial charge in [0.1, 0.15) is 18.1 Å². The lowest BCUT2D eigenvalue weighted by atomic mass is 9.93. The van der Waals surface area contributed by atoms with E-state index in [2.05, 4.69) is 42.0 Å². The molecular weight excluding hydrogens is 980 g/mol. The fraction of sp³-hybridized carbons (Fsp3) is 0.538. The number of rotatable bonds is 21. The minimum absolute atomic E-state index is 0. The number of piperidine rings is 2. The molecule has 2 aliphatic heterocycles. The molecule has 6 rings (SSSR count). The summed E-state index contributed by atoms with van der Waals surface area (Å²) in [7, 11) is 2.58. The molecule has 400 valence electrons. The first-order valence-corrected chi connectivity index (χ1v) is 27.2. The van der Waals surface area contributed by atoms with Gasteiger partial charge in [0, 0.05) is 110 Å². The first-order valence-electron chi connectivity index (χ1n) is 24.3. The Kier molecular flexibility index (Phi) is 25.7. The van der Waals surface area contributed by atoms with Crippen LogP contribution >= 0.6 is 12.4 Å². The number of likely N-dealkylation sites (N-methyl/N-ethyl adjacent to an activating group) is 1. The first-order chi connectivity index (χ1) is 33.9. The number of ether oxygens (including phenoxy) is 3. The van der Waals surface area contributed by atoms with Crippen molar-refractivity contribution >= 4 is 56.2 Å². The van der Waals surface area contributed by atoms with Gasteiger partial charge in [-0.3, -0.25) is 19.6 Å². The number of nitrogens with one attached hydrogen (secondary N) is 1. The third-order valence-electron chi connectivity index (χ3n) is 13.3. The number of carbonyl (C=O) groups excluding carboxylic acids is 2. The summed E-state index contributed by atoms with van der Waals surface area (Å²) in [5.41, 5.74) is 5.03. The van der Waals surface area contributed by atoms with Gasteiger partial charge in [0.2, 0.25) is 26.0 Å². The van der Waals surface area contributed by atoms with Crippen molar-refractivity contribution < 1.29 is 40.6 Å². The van der Waals surface area contributed by atoms with Gasteiger partial charge in [0.25, 0.3) is 6.47 Å². The molecule has 2 saturated heterocycles. The van der Waals surface area contributed by atoms with E-state index < -0.39 is 20.0 Å². The number of amides is 1. The van der Waals surface area contributed by atoms with Gasteiger partial charge in [-0.25, -0.2) is 21.1 Å². The van der Waals surface area contributed by atoms with Crippen molar-refractivity contribution in [2.24, 2.45) is 11.8 Å². The fourth-order valence-electron chi connectivity index (χ4n) is 9.01. The predicted octanol–water partition coefficient (Wildman–Crippen LogP) is 6.92. The van der Waals surface area contributed by atoms with Crippen molar-refractivity contribution in [2.45, 2.75) is 82.4 Å². The van der Waals surface area contributed by atoms with Gasteiger partial charge in [-0.15, -0.1) is 12.4 Å². The Hall–Kier alpha value is -5.05. The highest BCUT2D eigenvalue weighted by atomic mass is 35.5. The molecule has 0 bridgehead atoms. The summed E-state index contributed by atoms with van der Waals surface area (Å²) in [6.45, 7) is 13.8. The number of pyridine rings is 2. The van der Waals surface area contributed by atoms with Crippen LogP contribution in [0.15, 0.2) is 83.1 Å². The first kappa shape index (κ1) is 61.3. The van der Waals surface area contributed by atoms with Crippen molar-refractivity contribution in [1.82, 2.24) is 28.8 Å². The third kappa shape index (κ3) is 17.9. The summed E-state index contributed by atoms with van der Waals surface area (Å²) in [5, 5.41) is 3.24. The van der Waals surface area contributed by atoms with Gasteiger partial charge in [-0.05, 0) is 162 Å². The number of methoxy groups -OCH3 is 2. The topological polar surface area (TPSA) is 184 Å². The van der Waals surface area contributed by atoms with Gasteiger partial charge >= 0.3 is 0 Å². The van der Waals surface area contributed by atoms with E-state index in [1.807, 2.05) is 44.0 Å². The SMILES string of the molecule is CNCCC1CCN(c2ccncc2)CC1.COc1cc(C)c(S(=O)(=O)N(C)CCC(=O)N(C)CCC2CCN(c3ccncc3)CC2)c(C)c1.COc1cc(C)c(S(=O)(=O)N(C)CCOC=O)c(C)c1.Cl. The summed E-state index contributed by atoms with van der Waals surface area (Å²) in [5.74, 6) is 2.70. The summed E-state index contributed by atoms with van der Waals surface area (Å²) in [6.07, 6.45) is 14.7. The summed E-state index contributed by atoms with van der Waals surface area (Å²) < 4.78 is 68.7. The maximum atomic E-state index is 13.2. The Morgan fingerprint density at radius 3 is 1.43 bits per heavy atom. The molecule has 0 aliphatic carbocycles. The van der Waals surface area contributed by atoms with Crippen LogP contribution < -0.4 is 24.6 Å². The van der Waals surface area contributed by atoms with Crippen LogP contribution in [0.4, 0.5) is 11.4 Å². The zero-order valence-corrected chi connectivity index (χ0v) is 46.5. The molecule has 17 nitrogen and oxygen atoms in total. The number of aromatic nitrogens is 2. The van der Waals surface area contributed by atoms with Crippen LogP contribution in [0.2, 0.25) is 0 Å². The van der Waals surface area contributed by atoms with Crippen LogP contribution in [-0.2, 0) is 34.4 Å². The van der Waals surface area contributed by atoms with Crippen LogP contribution in [0, 0.1) is 39.5 Å². The summed E-state index contributed by atoms with van der Waals surface area (Å²) in [6, 6.07) is 15.1. The second-order valence-electron chi connectivity index (χ2n) is 18.3. The number of halogens is 1. The lowest BCUT2D eigenvalue weighted by Crippen LogP contribution is -2.37. The molecule has 1 amide bonds. The minimum atomic E-state index is -3.71. The Morgan fingerprint density at radius 2 is 1.06 bits per heavy atom. The lowest BCUT2D eigenvalue weighted by Gasteiger charge is -2.34. The van der Waals surface area contributed by atoms with Crippen molar-refractivity contribution in [2.75, 3.05) is 111 Å². The van der Waals surface area contributed by atoms with Crippen LogP contribution in [-0.4, -0.2) is 154 Å². The second-order valence-corrected chi connectivity index (χ2v) is 22.3. The van der Waals surface area contributed by atoms with Crippen molar-refractivity contribution in [1.29, 1.82) is 0 Å². The Labute approximate surface area is 436 Å². The van der Waals surface area contributed by atoms with E-state index in [0.29, 0.717) is 52.7 Å². The summed E-state index contributed by atoms with van der Waals surface area (Å²) >= 11 is 0. The summed E-state index contributed by atoms with van der Waals surface area (Å²) in [4.78, 5) is 38.1. The molecule has 0 radical (unpaired) electrons. The van der Waals surface area contributed by atoms with E-state index in [1.54, 1.807) is 71.0 Å². The molecule has 0 atom stereocenters. The molecular formula is C52H79ClN8O9S2. The smallest absolute Gasteiger partial charge is 0.293 e. The van der Waals surface area contributed by atoms with Crippen LogP contribution in [0.5, 0.6) is 11.5 Å². The number of hydrogen-bond acceptors (Lipinski definition) is 14. The fourth-order valence-corrected chi connectivity index (χ4v) is 12.1. The number of anilines is 2. The maximum absolute atomic E-state index is 13.2. The second kappa shape index (κ2) is 30.2. The molecule has 4 aromatic rings. The average molecular weight is 1060 g/mol. The Bertz CT molecular complexity index is 2450. The number of hydrogen-bond donors (Lipinski definition) is 1. The maximum Gasteiger partial charge on any atom is 0.293 e. The van der Waals surface area contributed by atoms with Crippen LogP contribution in [0.1, 0.15) is 67.2 Å². The standard InChI is InChI=1S/C26H38N4O4S.C13H21N3.C13H19NO5S.ClH/c1-20-18-24(34-5)19-21(2)26(20)35(32,33)29(4)15-11-25(31)28(3)14-8-22-9-16-30(17-10-22)23-6-12-27-13-7-23;1-14-7-2-12-5-10-16(11-6-12)13-3-8-15-9-4-13;1-10-7-12(18-4)8-11(2)13(10)20(16,17)14(3)5-6-19-9-15;/h6-7,12-13,18-19,22H,8-11,14-17H2,1-5H3;3-4,8-9,12,14H,2,5-7,10-11H2,1H3;7-9H,5-6H2,1-4H3;1H. The molecule has 4 heterocycles. The van der Waals surface area contributed by atoms with Crippen LogP contribution in [0.25, 0.3) is 0 Å². The normalized spacial score (nSPS) is 14.3. The molecule has 0 saturated carbocycles. The molecule has 2 fully saturated rings. The highest BCUT2D eigenvalue weighted by molar-refractivity contribution is 7.89. The van der Waals surface area contributed by atoms with Gasteiger partial charge in [0.05, 0.1) is 24.0 Å². The van der Waals surface area contributed by atoms with Crippen LogP contribution in [0.3, 0.4) is 0 Å². The van der Waals surface area contributed by atoms with E-state index in [4.69, 9.17) is 9.47 Å². The predicted molar refractivity (Wildman–Crippen MR) is 288 cm³/mol. The van der Waals surface area contributed by atoms with E-state index in [9.17, 15) is 26.4 Å². The van der Waals surface area contributed by atoms with E-state index >= 15 is 0 Å². The number of sulfonamides is 2. The molecule has 2 aromatic heterocycles. The number of aryl methyl sites for hydroxylation is 4. The Morgan fingerprint density at radius 1 is 0.667 bits per heavy atom. The highest BCUT2D eigenvalue weighted by Crippen LogP contribution is 2.30. The van der Waals surface area contributed by atoms with Gasteiger partial charge in [-0.1, -0.05) is 0 Å². The quantitative estimate of drug-likeness (QED) is 0.0670. The largest absolute Gasteiger partial charge is 0.497 e. The molecule has 2 aliphatic rings. The lowest BCUT2D eigenvalue weighted by molar-refractivity contribution is -0.130. The molecule has 72 heavy (non-hydrogen) atoms. The number of nitrogens with zero attached hydrogens (tertiary/aromatic N) is 7. The monoisotopic (exact) mass is 1060 g/mol. The van der Waals surface area contributed by atoms with Gasteiger partial charge in [0.15, 0.2) is 0 Å². The van der Waals surface area contributed by atoms with E-state index in [1.165, 1.54) is 69.2 Å². The Balaban J connectivity index is 0.000000312. The zero-order chi connectivity index (χ0) is 52.1. The van der Waals surface area contributed by atoms with Crippen molar-refractivity contribution in [3.63, 3.8) is 0 Å². The third-order valence-corrected chi connectivity index (χ3v) is 17.6. The van der Waals surface area contributed by atoms with E-state index in [-0.39, 0.29) is 54.2 Å². The highest BCUT2D eigenvalue weighted by Gasteiger charge is 2.28. The van der Waals surface area contributed by atoms with Crippen molar-refractivity contribution in [3.05, 3.63) is 95.6 Å². The molecule has 0 unspecified atom stereocenters. The molecule has 20 heteroatoms. The minimum Gasteiger partial charge on any atom is -0.497 e. The van der Waals surface area contributed by atoms with Gasteiger partial charge < -0.3 is 34.2 Å². The average Bonchev–Trinajstić information content (AvgIpc) is 3.37. The number of benzene rings is 2. The van der Waals surface area contributed by atoms with Gasteiger partial charge in [-0.2, -0.15) is 4.31 Å². The molecule has 1 N–H and O–H groups in total. The molecule has 2 aromatic carbocycles.